The highest BCUT2D eigenvalue weighted by molar-refractivity contribution is 7.80. The first-order valence-electron chi connectivity index (χ1n) is 6.88. The van der Waals surface area contributed by atoms with Crippen LogP contribution in [0.15, 0.2) is 6.07 Å². The molecule has 0 aliphatic carbocycles. The average Bonchev–Trinajstić information content (AvgIpc) is 2.32. The highest BCUT2D eigenvalue weighted by Gasteiger charge is 2.17. The van der Waals surface area contributed by atoms with Crippen LogP contribution in [-0.4, -0.2) is 36.8 Å². The van der Waals surface area contributed by atoms with Gasteiger partial charge in [0.2, 0.25) is 0 Å². The molecule has 0 aliphatic heterocycles. The Morgan fingerprint density at radius 2 is 2.10 bits per heavy atom. The molecular weight excluding hydrogens is 270 g/mol. The normalized spacial score (nSPS) is 10.9. The Bertz CT molecular complexity index is 474. The van der Waals surface area contributed by atoms with E-state index in [1.54, 1.807) is 7.11 Å². The summed E-state index contributed by atoms with van der Waals surface area (Å²) < 4.78 is 5.21. The Labute approximate surface area is 127 Å². The Balaban J connectivity index is 3.25. The lowest BCUT2D eigenvalue weighted by Crippen LogP contribution is -2.33. The van der Waals surface area contributed by atoms with Crippen molar-refractivity contribution in [1.82, 2.24) is 4.98 Å². The molecule has 0 unspecified atom stereocenters. The lowest BCUT2D eigenvalue weighted by molar-refractivity contribution is 0.204. The SMILES string of the molecule is COCCN(CC(C)C)c1cc(C)nc(C)c1C(N)=S. The molecule has 0 aromatic carbocycles. The van der Waals surface area contributed by atoms with E-state index in [0.717, 1.165) is 35.7 Å². The van der Waals surface area contributed by atoms with Crippen molar-refractivity contribution < 1.29 is 4.74 Å². The number of aryl methyl sites for hydroxylation is 2. The topological polar surface area (TPSA) is 51.4 Å². The third-order valence-electron chi connectivity index (χ3n) is 3.05. The molecule has 2 N–H and O–H groups in total. The van der Waals surface area contributed by atoms with Crippen LogP contribution in [0, 0.1) is 19.8 Å². The van der Waals surface area contributed by atoms with Crippen LogP contribution in [0.3, 0.4) is 0 Å². The van der Waals surface area contributed by atoms with Crippen molar-refractivity contribution >= 4 is 22.9 Å². The summed E-state index contributed by atoms with van der Waals surface area (Å²) in [4.78, 5) is 7.15. The largest absolute Gasteiger partial charge is 0.389 e. The van der Waals surface area contributed by atoms with Crippen molar-refractivity contribution in [3.63, 3.8) is 0 Å². The predicted octanol–water partition coefficient (Wildman–Crippen LogP) is 2.44. The van der Waals surface area contributed by atoms with Crippen LogP contribution in [0.1, 0.15) is 30.8 Å². The van der Waals surface area contributed by atoms with Crippen LogP contribution in [-0.2, 0) is 4.74 Å². The second-order valence-electron chi connectivity index (χ2n) is 5.44. The smallest absolute Gasteiger partial charge is 0.107 e. The summed E-state index contributed by atoms with van der Waals surface area (Å²) in [6.45, 7) is 10.7. The maximum atomic E-state index is 5.90. The molecular formula is C15H25N3OS. The predicted molar refractivity (Wildman–Crippen MR) is 88.5 cm³/mol. The Morgan fingerprint density at radius 3 is 2.60 bits per heavy atom. The van der Waals surface area contributed by atoms with Crippen LogP contribution in [0.5, 0.6) is 0 Å². The van der Waals surface area contributed by atoms with Crippen LogP contribution in [0.4, 0.5) is 5.69 Å². The number of pyridine rings is 1. The number of anilines is 1. The standard InChI is InChI=1S/C15H25N3OS/c1-10(2)9-18(6-7-19-5)13-8-11(3)17-12(4)14(13)15(16)20/h8,10H,6-7,9H2,1-5H3,(H2,16,20). The number of methoxy groups -OCH3 is 1. The Hall–Kier alpha value is -1.20. The van der Waals surface area contributed by atoms with Gasteiger partial charge in [0, 0.05) is 31.6 Å². The summed E-state index contributed by atoms with van der Waals surface area (Å²) in [5.74, 6) is 0.542. The van der Waals surface area contributed by atoms with Crippen LogP contribution < -0.4 is 10.6 Å². The molecule has 0 bridgehead atoms. The van der Waals surface area contributed by atoms with E-state index in [-0.39, 0.29) is 0 Å². The minimum Gasteiger partial charge on any atom is -0.389 e. The lowest BCUT2D eigenvalue weighted by Gasteiger charge is -2.29. The van der Waals surface area contributed by atoms with E-state index in [4.69, 9.17) is 22.7 Å². The molecule has 0 amide bonds. The summed E-state index contributed by atoms with van der Waals surface area (Å²) in [5.41, 5.74) is 9.70. The van der Waals surface area contributed by atoms with Crippen LogP contribution in [0.2, 0.25) is 0 Å². The van der Waals surface area contributed by atoms with Gasteiger partial charge in [-0.25, -0.2) is 0 Å². The summed E-state index contributed by atoms with van der Waals surface area (Å²) in [6, 6.07) is 2.06. The maximum Gasteiger partial charge on any atom is 0.107 e. The number of hydrogen-bond acceptors (Lipinski definition) is 4. The van der Waals surface area contributed by atoms with Gasteiger partial charge in [-0.1, -0.05) is 26.1 Å². The van der Waals surface area contributed by atoms with E-state index in [1.807, 2.05) is 13.8 Å². The maximum absolute atomic E-state index is 5.90. The summed E-state index contributed by atoms with van der Waals surface area (Å²) in [5, 5.41) is 0. The third kappa shape index (κ3) is 4.42. The highest BCUT2D eigenvalue weighted by atomic mass is 32.1. The van der Waals surface area contributed by atoms with Gasteiger partial charge in [0.05, 0.1) is 17.9 Å². The number of nitrogens with two attached hydrogens (primary N) is 1. The van der Waals surface area contributed by atoms with Gasteiger partial charge in [-0.15, -0.1) is 0 Å². The number of thiocarbonyl (C=S) groups is 1. The molecule has 1 rings (SSSR count). The zero-order chi connectivity index (χ0) is 15.3. The highest BCUT2D eigenvalue weighted by Crippen LogP contribution is 2.25. The van der Waals surface area contributed by atoms with Gasteiger partial charge in [0.1, 0.15) is 4.99 Å². The second kappa shape index (κ2) is 7.55. The van der Waals surface area contributed by atoms with Crippen molar-refractivity contribution in [2.45, 2.75) is 27.7 Å². The molecule has 5 heteroatoms. The van der Waals surface area contributed by atoms with Crippen LogP contribution >= 0.6 is 12.2 Å². The third-order valence-corrected chi connectivity index (χ3v) is 3.25. The molecule has 0 spiro atoms. The number of ether oxygens (including phenoxy) is 1. The van der Waals surface area contributed by atoms with Crippen LogP contribution in [0.25, 0.3) is 0 Å². The van der Waals surface area contributed by atoms with Crippen molar-refractivity contribution in [2.75, 3.05) is 31.7 Å². The lowest BCUT2D eigenvalue weighted by atomic mass is 10.1. The molecule has 0 saturated carbocycles. The van der Waals surface area contributed by atoms with E-state index in [1.165, 1.54) is 0 Å². The monoisotopic (exact) mass is 295 g/mol. The average molecular weight is 295 g/mol. The summed E-state index contributed by atoms with van der Waals surface area (Å²) >= 11 is 5.21. The number of aromatic nitrogens is 1. The minimum absolute atomic E-state index is 0.399. The van der Waals surface area contributed by atoms with Crippen molar-refractivity contribution in [3.8, 4) is 0 Å². The van der Waals surface area contributed by atoms with Gasteiger partial charge in [-0.2, -0.15) is 0 Å². The number of nitrogens with zero attached hydrogens (tertiary/aromatic N) is 2. The Kier molecular flexibility index (Phi) is 6.36. The van der Waals surface area contributed by atoms with Crippen molar-refractivity contribution in [2.24, 2.45) is 11.7 Å². The molecule has 0 saturated heterocycles. The molecule has 1 aromatic heterocycles. The fourth-order valence-corrected chi connectivity index (χ4v) is 2.57. The molecule has 112 valence electrons. The summed E-state index contributed by atoms with van der Waals surface area (Å²) in [7, 11) is 1.71. The molecule has 1 heterocycles. The van der Waals surface area contributed by atoms with Crippen molar-refractivity contribution in [1.29, 1.82) is 0 Å². The fraction of sp³-hybridized carbons (Fsp3) is 0.600. The zero-order valence-corrected chi connectivity index (χ0v) is 13.9. The van der Waals surface area contributed by atoms with Gasteiger partial charge in [0.15, 0.2) is 0 Å². The molecule has 4 nitrogen and oxygen atoms in total. The molecule has 0 atom stereocenters. The molecule has 1 aromatic rings. The minimum atomic E-state index is 0.399. The zero-order valence-electron chi connectivity index (χ0n) is 13.1. The fourth-order valence-electron chi connectivity index (χ4n) is 2.31. The number of rotatable bonds is 7. The van der Waals surface area contributed by atoms with Gasteiger partial charge < -0.3 is 15.4 Å². The van der Waals surface area contributed by atoms with E-state index in [0.29, 0.717) is 17.5 Å². The first-order valence-corrected chi connectivity index (χ1v) is 7.29. The van der Waals surface area contributed by atoms with E-state index in [2.05, 4.69) is 29.8 Å². The first-order chi connectivity index (χ1) is 9.36. The van der Waals surface area contributed by atoms with E-state index in [9.17, 15) is 0 Å². The van der Waals surface area contributed by atoms with Crippen molar-refractivity contribution in [3.05, 3.63) is 23.0 Å². The van der Waals surface area contributed by atoms with Gasteiger partial charge in [-0.05, 0) is 25.8 Å². The molecule has 0 fully saturated rings. The van der Waals surface area contributed by atoms with Gasteiger partial charge in [-0.3, -0.25) is 4.98 Å². The molecule has 0 radical (unpaired) electrons. The number of hydrogen-bond donors (Lipinski definition) is 1. The summed E-state index contributed by atoms with van der Waals surface area (Å²) in [6.07, 6.45) is 0. The van der Waals surface area contributed by atoms with E-state index < -0.39 is 0 Å². The molecule has 0 aliphatic rings. The first kappa shape index (κ1) is 16.9. The van der Waals surface area contributed by atoms with E-state index >= 15 is 0 Å². The van der Waals surface area contributed by atoms with Gasteiger partial charge in [0.25, 0.3) is 0 Å². The Morgan fingerprint density at radius 1 is 1.45 bits per heavy atom. The second-order valence-corrected chi connectivity index (χ2v) is 5.88. The van der Waals surface area contributed by atoms with Gasteiger partial charge >= 0.3 is 0 Å². The molecule has 20 heavy (non-hydrogen) atoms. The quantitative estimate of drug-likeness (QED) is 0.783.